The number of nitrogens with one attached hydrogen (secondary N) is 1. The van der Waals surface area contributed by atoms with E-state index in [1.807, 2.05) is 0 Å². The molecule has 0 bridgehead atoms. The molecule has 0 aliphatic carbocycles. The Morgan fingerprint density at radius 1 is 1.47 bits per heavy atom. The Labute approximate surface area is 101 Å². The average Bonchev–Trinajstić information content (AvgIpc) is 2.20. The van der Waals surface area contributed by atoms with Gasteiger partial charge in [0.05, 0.1) is 18.1 Å². The first kappa shape index (κ1) is 13.6. The minimum atomic E-state index is -0.720. The van der Waals surface area contributed by atoms with Gasteiger partial charge in [0.25, 0.3) is 0 Å². The van der Waals surface area contributed by atoms with E-state index >= 15 is 0 Å². The monoisotopic (exact) mass is 239 g/mol. The summed E-state index contributed by atoms with van der Waals surface area (Å²) >= 11 is 0. The fourth-order valence-corrected chi connectivity index (χ4v) is 1.32. The molecule has 0 saturated heterocycles. The summed E-state index contributed by atoms with van der Waals surface area (Å²) < 4.78 is 13.3. The van der Waals surface area contributed by atoms with Gasteiger partial charge in [0, 0.05) is 0 Å². The minimum absolute atomic E-state index is 0.0250. The summed E-state index contributed by atoms with van der Waals surface area (Å²) in [6.07, 6.45) is -0.699. The average molecular weight is 239 g/mol. The first-order valence-electron chi connectivity index (χ1n) is 5.55. The van der Waals surface area contributed by atoms with E-state index in [1.54, 1.807) is 39.0 Å². The van der Waals surface area contributed by atoms with Crippen molar-refractivity contribution in [1.82, 2.24) is 5.32 Å². The van der Waals surface area contributed by atoms with Crippen LogP contribution in [0.3, 0.4) is 0 Å². The number of amides is 1. The van der Waals surface area contributed by atoms with Crippen LogP contribution in [-0.4, -0.2) is 22.7 Å². The Bertz CT molecular complexity index is 402. The molecule has 0 radical (unpaired) electrons. The molecule has 0 saturated carbocycles. The fourth-order valence-electron chi connectivity index (χ4n) is 1.32. The highest BCUT2D eigenvalue weighted by atomic mass is 19.1. The Hall–Kier alpha value is -1.42. The maximum atomic E-state index is 13.3. The molecule has 1 aromatic carbocycles. The van der Waals surface area contributed by atoms with E-state index < -0.39 is 17.5 Å². The first-order valence-corrected chi connectivity index (χ1v) is 5.55. The molecule has 2 N–H and O–H groups in total. The van der Waals surface area contributed by atoms with Gasteiger partial charge >= 0.3 is 0 Å². The number of carbonyl (C=O) groups is 1. The maximum absolute atomic E-state index is 13.3. The molecule has 94 valence electrons. The van der Waals surface area contributed by atoms with Gasteiger partial charge in [-0.1, -0.05) is 18.2 Å². The topological polar surface area (TPSA) is 49.3 Å². The van der Waals surface area contributed by atoms with Crippen molar-refractivity contribution in [3.8, 4) is 0 Å². The molecule has 1 amide bonds. The second kappa shape index (κ2) is 5.27. The molecule has 4 heteroatoms. The Morgan fingerprint density at radius 2 is 2.06 bits per heavy atom. The number of halogens is 1. The highest BCUT2D eigenvalue weighted by Gasteiger charge is 2.26. The van der Waals surface area contributed by atoms with E-state index in [1.165, 1.54) is 6.07 Å². The first-order chi connectivity index (χ1) is 7.83. The number of aliphatic hydroxyl groups is 1. The van der Waals surface area contributed by atoms with Crippen LogP contribution in [0, 0.1) is 5.82 Å². The molecule has 3 nitrogen and oxygen atoms in total. The summed E-state index contributed by atoms with van der Waals surface area (Å²) in [7, 11) is 0. The van der Waals surface area contributed by atoms with Crippen molar-refractivity contribution in [2.75, 3.05) is 0 Å². The van der Waals surface area contributed by atoms with Gasteiger partial charge in [0.1, 0.15) is 5.82 Å². The molecule has 1 rings (SSSR count). The number of hydrogen-bond acceptors (Lipinski definition) is 2. The lowest BCUT2D eigenvalue weighted by Crippen LogP contribution is -2.51. The molecular formula is C13H18FNO2. The normalized spacial score (nSPS) is 13.2. The van der Waals surface area contributed by atoms with Gasteiger partial charge in [0.15, 0.2) is 0 Å². The van der Waals surface area contributed by atoms with Gasteiger partial charge in [0.2, 0.25) is 5.91 Å². The minimum Gasteiger partial charge on any atom is -0.391 e. The Morgan fingerprint density at radius 3 is 2.59 bits per heavy atom. The zero-order chi connectivity index (χ0) is 13.1. The molecule has 1 aromatic rings. The van der Waals surface area contributed by atoms with E-state index in [0.29, 0.717) is 5.56 Å². The molecule has 0 aliphatic heterocycles. The molecule has 0 aliphatic rings. The van der Waals surface area contributed by atoms with E-state index in [9.17, 15) is 14.3 Å². The van der Waals surface area contributed by atoms with E-state index in [0.717, 1.165) is 0 Å². The van der Waals surface area contributed by atoms with E-state index in [4.69, 9.17) is 0 Å². The molecular weight excluding hydrogens is 221 g/mol. The lowest BCUT2D eigenvalue weighted by atomic mass is 9.98. The summed E-state index contributed by atoms with van der Waals surface area (Å²) in [5, 5.41) is 12.1. The van der Waals surface area contributed by atoms with E-state index in [-0.39, 0.29) is 12.3 Å². The van der Waals surface area contributed by atoms with Crippen molar-refractivity contribution in [3.63, 3.8) is 0 Å². The zero-order valence-electron chi connectivity index (χ0n) is 10.3. The molecule has 1 unspecified atom stereocenters. The lowest BCUT2D eigenvalue weighted by molar-refractivity contribution is -0.123. The predicted molar refractivity (Wildman–Crippen MR) is 64.0 cm³/mol. The van der Waals surface area contributed by atoms with Gasteiger partial charge in [-0.2, -0.15) is 0 Å². The SMILES string of the molecule is CC(O)C(C)(C)NC(=O)Cc1ccccc1F. The summed E-state index contributed by atoms with van der Waals surface area (Å²) in [6.45, 7) is 5.04. The molecule has 17 heavy (non-hydrogen) atoms. The van der Waals surface area contributed by atoms with Crippen molar-refractivity contribution in [2.24, 2.45) is 0 Å². The lowest BCUT2D eigenvalue weighted by Gasteiger charge is -2.29. The Balaban J connectivity index is 2.66. The van der Waals surface area contributed by atoms with Crippen LogP contribution in [0.25, 0.3) is 0 Å². The van der Waals surface area contributed by atoms with Crippen molar-refractivity contribution < 1.29 is 14.3 Å². The maximum Gasteiger partial charge on any atom is 0.225 e. The van der Waals surface area contributed by atoms with Gasteiger partial charge < -0.3 is 10.4 Å². The highest BCUT2D eigenvalue weighted by molar-refractivity contribution is 5.79. The zero-order valence-corrected chi connectivity index (χ0v) is 10.3. The molecule has 0 heterocycles. The third-order valence-corrected chi connectivity index (χ3v) is 2.81. The van der Waals surface area contributed by atoms with Crippen LogP contribution in [-0.2, 0) is 11.2 Å². The van der Waals surface area contributed by atoms with Gasteiger partial charge in [-0.05, 0) is 32.4 Å². The second-order valence-electron chi connectivity index (χ2n) is 4.71. The van der Waals surface area contributed by atoms with Crippen molar-refractivity contribution >= 4 is 5.91 Å². The van der Waals surface area contributed by atoms with Crippen LogP contribution in [0.1, 0.15) is 26.3 Å². The molecule has 0 aromatic heterocycles. The van der Waals surface area contributed by atoms with Crippen molar-refractivity contribution in [2.45, 2.75) is 38.8 Å². The number of aliphatic hydroxyl groups excluding tert-OH is 1. The van der Waals surface area contributed by atoms with Crippen molar-refractivity contribution in [3.05, 3.63) is 35.6 Å². The number of carbonyl (C=O) groups excluding carboxylic acids is 1. The fraction of sp³-hybridized carbons (Fsp3) is 0.462. The summed E-state index contributed by atoms with van der Waals surface area (Å²) in [4.78, 5) is 11.7. The largest absolute Gasteiger partial charge is 0.391 e. The quantitative estimate of drug-likeness (QED) is 0.839. The van der Waals surface area contributed by atoms with Gasteiger partial charge in [-0.15, -0.1) is 0 Å². The van der Waals surface area contributed by atoms with Crippen LogP contribution < -0.4 is 5.32 Å². The van der Waals surface area contributed by atoms with Crippen LogP contribution in [0.15, 0.2) is 24.3 Å². The van der Waals surface area contributed by atoms with Gasteiger partial charge in [-0.25, -0.2) is 4.39 Å². The van der Waals surface area contributed by atoms with Gasteiger partial charge in [-0.3, -0.25) is 4.79 Å². The summed E-state index contributed by atoms with van der Waals surface area (Å²) in [6, 6.07) is 6.16. The van der Waals surface area contributed by atoms with E-state index in [2.05, 4.69) is 5.32 Å². The third kappa shape index (κ3) is 3.82. The van der Waals surface area contributed by atoms with Crippen molar-refractivity contribution in [1.29, 1.82) is 0 Å². The number of benzene rings is 1. The molecule has 0 spiro atoms. The smallest absolute Gasteiger partial charge is 0.225 e. The summed E-state index contributed by atoms with van der Waals surface area (Å²) in [5.41, 5.74) is -0.367. The molecule has 1 atom stereocenters. The summed E-state index contributed by atoms with van der Waals surface area (Å²) in [5.74, 6) is -0.696. The Kier molecular flexibility index (Phi) is 4.23. The van der Waals surface area contributed by atoms with Crippen LogP contribution in [0.5, 0.6) is 0 Å². The molecule has 0 fully saturated rings. The standard InChI is InChI=1S/C13H18FNO2/c1-9(16)13(2,3)15-12(17)8-10-6-4-5-7-11(10)14/h4-7,9,16H,8H2,1-3H3,(H,15,17). The third-order valence-electron chi connectivity index (χ3n) is 2.81. The second-order valence-corrected chi connectivity index (χ2v) is 4.71. The van der Waals surface area contributed by atoms with Crippen LogP contribution in [0.2, 0.25) is 0 Å². The van der Waals surface area contributed by atoms with Crippen LogP contribution in [0.4, 0.5) is 4.39 Å². The highest BCUT2D eigenvalue weighted by Crippen LogP contribution is 2.11. The number of rotatable bonds is 4. The number of hydrogen-bond donors (Lipinski definition) is 2. The van der Waals surface area contributed by atoms with Crippen LogP contribution >= 0.6 is 0 Å². The predicted octanol–water partition coefficient (Wildman–Crippen LogP) is 1.64.